The maximum atomic E-state index is 12.5. The SMILES string of the molecule is Cc1ccccc1S(=O)(=O)N1CCC(CCl)CC1. The molecule has 0 radical (unpaired) electrons. The largest absolute Gasteiger partial charge is 0.243 e. The van der Waals surface area contributed by atoms with Crippen molar-refractivity contribution >= 4 is 21.6 Å². The number of hydrogen-bond donors (Lipinski definition) is 0. The van der Waals surface area contributed by atoms with E-state index in [1.807, 2.05) is 19.1 Å². The van der Waals surface area contributed by atoms with Crippen LogP contribution in [-0.2, 0) is 10.0 Å². The fourth-order valence-electron chi connectivity index (χ4n) is 2.29. The first-order valence-electron chi connectivity index (χ1n) is 6.17. The van der Waals surface area contributed by atoms with Gasteiger partial charge < -0.3 is 0 Å². The molecule has 0 unspecified atom stereocenters. The van der Waals surface area contributed by atoms with Gasteiger partial charge >= 0.3 is 0 Å². The summed E-state index contributed by atoms with van der Waals surface area (Å²) in [5.74, 6) is 1.08. The summed E-state index contributed by atoms with van der Waals surface area (Å²) in [5.41, 5.74) is 0.803. The van der Waals surface area contributed by atoms with Crippen LogP contribution in [0.15, 0.2) is 29.2 Å². The van der Waals surface area contributed by atoms with E-state index in [1.54, 1.807) is 16.4 Å². The highest BCUT2D eigenvalue weighted by Gasteiger charge is 2.29. The summed E-state index contributed by atoms with van der Waals surface area (Å²) in [6.07, 6.45) is 1.71. The van der Waals surface area contributed by atoms with E-state index >= 15 is 0 Å². The van der Waals surface area contributed by atoms with Gasteiger partial charge in [-0.25, -0.2) is 8.42 Å². The molecule has 0 bridgehead atoms. The zero-order chi connectivity index (χ0) is 13.2. The number of piperidine rings is 1. The highest BCUT2D eigenvalue weighted by atomic mass is 35.5. The Morgan fingerprint density at radius 1 is 1.28 bits per heavy atom. The summed E-state index contributed by atoms with van der Waals surface area (Å²) in [4.78, 5) is 0.425. The molecule has 0 spiro atoms. The molecule has 0 N–H and O–H groups in total. The van der Waals surface area contributed by atoms with Gasteiger partial charge in [-0.05, 0) is 37.3 Å². The molecule has 0 amide bonds. The maximum absolute atomic E-state index is 12.5. The van der Waals surface area contributed by atoms with E-state index in [1.165, 1.54) is 0 Å². The van der Waals surface area contributed by atoms with Crippen LogP contribution in [-0.4, -0.2) is 31.7 Å². The lowest BCUT2D eigenvalue weighted by Crippen LogP contribution is -2.39. The van der Waals surface area contributed by atoms with E-state index in [0.29, 0.717) is 29.8 Å². The molecule has 3 nitrogen and oxygen atoms in total. The second-order valence-corrected chi connectivity index (χ2v) is 6.98. The predicted octanol–water partition coefficient (Wildman–Crippen LogP) is 2.63. The van der Waals surface area contributed by atoms with Crippen LogP contribution in [0.25, 0.3) is 0 Å². The topological polar surface area (TPSA) is 37.4 Å². The fourth-order valence-corrected chi connectivity index (χ4v) is 4.29. The summed E-state index contributed by atoms with van der Waals surface area (Å²) >= 11 is 5.82. The summed E-state index contributed by atoms with van der Waals surface area (Å²) < 4.78 is 26.6. The number of halogens is 1. The Bertz CT molecular complexity index is 507. The summed E-state index contributed by atoms with van der Waals surface area (Å²) in [6, 6.07) is 7.14. The second-order valence-electron chi connectivity index (χ2n) is 4.77. The summed E-state index contributed by atoms with van der Waals surface area (Å²) in [6.45, 7) is 2.99. The van der Waals surface area contributed by atoms with Crippen LogP contribution >= 0.6 is 11.6 Å². The summed E-state index contributed by atoms with van der Waals surface area (Å²) in [5, 5.41) is 0. The predicted molar refractivity (Wildman–Crippen MR) is 73.4 cm³/mol. The van der Waals surface area contributed by atoms with Crippen molar-refractivity contribution in [1.29, 1.82) is 0 Å². The lowest BCUT2D eigenvalue weighted by molar-refractivity contribution is 0.290. The molecule has 100 valence electrons. The van der Waals surface area contributed by atoms with Crippen LogP contribution in [0.1, 0.15) is 18.4 Å². The molecule has 1 fully saturated rings. The minimum atomic E-state index is -3.33. The Labute approximate surface area is 114 Å². The van der Waals surface area contributed by atoms with Crippen LogP contribution in [0.3, 0.4) is 0 Å². The van der Waals surface area contributed by atoms with Crippen molar-refractivity contribution in [3.8, 4) is 0 Å². The first kappa shape index (κ1) is 13.8. The molecule has 1 aromatic rings. The van der Waals surface area contributed by atoms with Crippen molar-refractivity contribution in [3.63, 3.8) is 0 Å². The lowest BCUT2D eigenvalue weighted by Gasteiger charge is -2.30. The van der Waals surface area contributed by atoms with Crippen molar-refractivity contribution < 1.29 is 8.42 Å². The first-order valence-corrected chi connectivity index (χ1v) is 8.15. The van der Waals surface area contributed by atoms with Gasteiger partial charge in [0, 0.05) is 19.0 Å². The van der Waals surface area contributed by atoms with E-state index in [-0.39, 0.29) is 0 Å². The van der Waals surface area contributed by atoms with Gasteiger partial charge in [0.25, 0.3) is 0 Å². The molecule has 1 aliphatic heterocycles. The van der Waals surface area contributed by atoms with Crippen LogP contribution in [0, 0.1) is 12.8 Å². The van der Waals surface area contributed by atoms with Gasteiger partial charge in [0.15, 0.2) is 0 Å². The van der Waals surface area contributed by atoms with Crippen molar-refractivity contribution in [2.24, 2.45) is 5.92 Å². The van der Waals surface area contributed by atoms with Gasteiger partial charge in [-0.1, -0.05) is 18.2 Å². The standard InChI is InChI=1S/C13H18ClNO2S/c1-11-4-2-3-5-13(11)18(16,17)15-8-6-12(10-14)7-9-15/h2-5,12H,6-10H2,1H3. The molecule has 5 heteroatoms. The maximum Gasteiger partial charge on any atom is 0.243 e. The van der Waals surface area contributed by atoms with Crippen molar-refractivity contribution in [2.45, 2.75) is 24.7 Å². The second kappa shape index (κ2) is 5.59. The fraction of sp³-hybridized carbons (Fsp3) is 0.538. The van der Waals surface area contributed by atoms with Gasteiger partial charge in [-0.3, -0.25) is 0 Å². The molecule has 2 rings (SSSR count). The zero-order valence-electron chi connectivity index (χ0n) is 10.5. The van der Waals surface area contributed by atoms with Gasteiger partial charge in [-0.15, -0.1) is 11.6 Å². The van der Waals surface area contributed by atoms with Crippen LogP contribution in [0.4, 0.5) is 0 Å². The number of rotatable bonds is 3. The number of hydrogen-bond acceptors (Lipinski definition) is 2. The Kier molecular flexibility index (Phi) is 4.30. The molecule has 0 saturated carbocycles. The van der Waals surface area contributed by atoms with Gasteiger partial charge in [0.1, 0.15) is 0 Å². The Morgan fingerprint density at radius 2 is 1.89 bits per heavy atom. The van der Waals surface area contributed by atoms with E-state index in [2.05, 4.69) is 0 Å². The molecule has 1 heterocycles. The van der Waals surface area contributed by atoms with E-state index in [9.17, 15) is 8.42 Å². The van der Waals surface area contributed by atoms with Crippen molar-refractivity contribution in [1.82, 2.24) is 4.31 Å². The number of nitrogens with zero attached hydrogens (tertiary/aromatic N) is 1. The highest BCUT2D eigenvalue weighted by Crippen LogP contribution is 2.25. The van der Waals surface area contributed by atoms with Crippen molar-refractivity contribution in [3.05, 3.63) is 29.8 Å². The smallest absolute Gasteiger partial charge is 0.207 e. The zero-order valence-corrected chi connectivity index (χ0v) is 12.0. The molecular formula is C13H18ClNO2S. The number of alkyl halides is 1. The number of aryl methyl sites for hydroxylation is 1. The Balaban J connectivity index is 2.20. The Morgan fingerprint density at radius 3 is 2.44 bits per heavy atom. The minimum absolute atomic E-state index is 0.425. The molecule has 1 saturated heterocycles. The molecule has 0 atom stereocenters. The van der Waals surface area contributed by atoms with Crippen LogP contribution in [0.5, 0.6) is 0 Å². The molecule has 18 heavy (non-hydrogen) atoms. The third-order valence-corrected chi connectivity index (χ3v) is 6.00. The third kappa shape index (κ3) is 2.71. The van der Waals surface area contributed by atoms with Crippen LogP contribution in [0.2, 0.25) is 0 Å². The first-order chi connectivity index (χ1) is 8.55. The van der Waals surface area contributed by atoms with E-state index < -0.39 is 10.0 Å². The van der Waals surface area contributed by atoms with Crippen molar-refractivity contribution in [2.75, 3.05) is 19.0 Å². The van der Waals surface area contributed by atoms with Crippen LogP contribution < -0.4 is 0 Å². The molecule has 0 aromatic heterocycles. The van der Waals surface area contributed by atoms with Gasteiger partial charge in [0.2, 0.25) is 10.0 Å². The quantitative estimate of drug-likeness (QED) is 0.802. The lowest BCUT2D eigenvalue weighted by atomic mass is 10.0. The van der Waals surface area contributed by atoms with Gasteiger partial charge in [-0.2, -0.15) is 4.31 Å². The minimum Gasteiger partial charge on any atom is -0.207 e. The molecular weight excluding hydrogens is 270 g/mol. The average Bonchev–Trinajstić information content (AvgIpc) is 2.39. The third-order valence-electron chi connectivity index (χ3n) is 3.50. The van der Waals surface area contributed by atoms with E-state index in [4.69, 9.17) is 11.6 Å². The molecule has 1 aromatic carbocycles. The highest BCUT2D eigenvalue weighted by molar-refractivity contribution is 7.89. The normalized spacial score (nSPS) is 19.0. The monoisotopic (exact) mass is 287 g/mol. The summed E-state index contributed by atoms with van der Waals surface area (Å²) in [7, 11) is -3.33. The average molecular weight is 288 g/mol. The Hall–Kier alpha value is -0.580. The van der Waals surface area contributed by atoms with Gasteiger partial charge in [0.05, 0.1) is 4.90 Å². The van der Waals surface area contributed by atoms with E-state index in [0.717, 1.165) is 18.4 Å². The molecule has 1 aliphatic rings. The molecule has 0 aliphatic carbocycles. The number of benzene rings is 1. The number of sulfonamides is 1.